The van der Waals surface area contributed by atoms with Crippen LogP contribution in [0.1, 0.15) is 75.2 Å². The van der Waals surface area contributed by atoms with Crippen molar-refractivity contribution in [2.75, 3.05) is 33.4 Å². The van der Waals surface area contributed by atoms with Crippen molar-refractivity contribution >= 4 is 23.5 Å². The summed E-state index contributed by atoms with van der Waals surface area (Å²) in [5.74, 6) is -0.0554. The van der Waals surface area contributed by atoms with Crippen molar-refractivity contribution in [2.24, 2.45) is 11.8 Å². The molecule has 0 spiro atoms. The number of nitrogens with one attached hydrogen (secondary N) is 2. The van der Waals surface area contributed by atoms with E-state index in [1.807, 2.05) is 33.8 Å². The van der Waals surface area contributed by atoms with Gasteiger partial charge in [-0.1, -0.05) is 27.7 Å². The molecule has 3 atom stereocenters. The lowest BCUT2D eigenvalue weighted by Crippen LogP contribution is -2.56. The lowest BCUT2D eigenvalue weighted by atomic mass is 9.96. The second-order valence-electron chi connectivity index (χ2n) is 10.9. The van der Waals surface area contributed by atoms with Gasteiger partial charge in [0.05, 0.1) is 20.3 Å². The molecule has 9 nitrogen and oxygen atoms in total. The third-order valence-corrected chi connectivity index (χ3v) is 6.87. The zero-order valence-corrected chi connectivity index (χ0v) is 22.7. The van der Waals surface area contributed by atoms with E-state index in [2.05, 4.69) is 10.6 Å². The van der Waals surface area contributed by atoms with E-state index >= 15 is 0 Å². The Morgan fingerprint density at radius 3 is 2.30 bits per heavy atom. The summed E-state index contributed by atoms with van der Waals surface area (Å²) in [7, 11) is 1.56. The van der Waals surface area contributed by atoms with E-state index in [-0.39, 0.29) is 54.1 Å². The van der Waals surface area contributed by atoms with Gasteiger partial charge in [-0.25, -0.2) is 0 Å². The normalized spacial score (nSPS) is 18.9. The summed E-state index contributed by atoms with van der Waals surface area (Å²) < 4.78 is 10.6. The standard InChI is InChI=1S/C28H41N3O6/c1-17(2)12-23(27(34)30-24(13-18(3)4)28(35)31-8-10-37-11-9-31)29-26(33)15-19-14-25(32)21-7-6-20(36-5)16-22(19)21/h6-7,16-19,23-24H,8-15H2,1-5H3,(H,29,33)(H,30,34)/t19?,23-,24+/m0/s1. The quantitative estimate of drug-likeness (QED) is 0.468. The van der Waals surface area contributed by atoms with E-state index in [1.165, 1.54) is 0 Å². The van der Waals surface area contributed by atoms with E-state index in [4.69, 9.17) is 9.47 Å². The largest absolute Gasteiger partial charge is 0.497 e. The number of morpholine rings is 1. The average Bonchev–Trinajstić information content (AvgIpc) is 3.16. The second kappa shape index (κ2) is 13.0. The Morgan fingerprint density at radius 2 is 1.68 bits per heavy atom. The molecule has 1 saturated heterocycles. The van der Waals surface area contributed by atoms with Gasteiger partial charge in [-0.05, 0) is 48.4 Å². The second-order valence-corrected chi connectivity index (χ2v) is 10.9. The molecule has 1 aromatic carbocycles. The number of Topliss-reactive ketones (excluding diaryl/α,β-unsaturated/α-hetero) is 1. The molecule has 1 fully saturated rings. The monoisotopic (exact) mass is 515 g/mol. The van der Waals surface area contributed by atoms with Crippen LogP contribution in [0, 0.1) is 11.8 Å². The summed E-state index contributed by atoms with van der Waals surface area (Å²) >= 11 is 0. The van der Waals surface area contributed by atoms with Crippen LogP contribution in [0.25, 0.3) is 0 Å². The van der Waals surface area contributed by atoms with Gasteiger partial charge in [0.25, 0.3) is 0 Å². The highest BCUT2D eigenvalue weighted by Crippen LogP contribution is 2.37. The molecule has 204 valence electrons. The highest BCUT2D eigenvalue weighted by atomic mass is 16.5. The van der Waals surface area contributed by atoms with Crippen molar-refractivity contribution in [3.63, 3.8) is 0 Å². The molecule has 1 aliphatic heterocycles. The summed E-state index contributed by atoms with van der Waals surface area (Å²) in [6, 6.07) is 3.85. The number of nitrogens with zero attached hydrogens (tertiary/aromatic N) is 1. The van der Waals surface area contributed by atoms with Crippen LogP contribution >= 0.6 is 0 Å². The molecule has 0 saturated carbocycles. The Morgan fingerprint density at radius 1 is 1.03 bits per heavy atom. The zero-order valence-electron chi connectivity index (χ0n) is 22.7. The molecule has 0 radical (unpaired) electrons. The lowest BCUT2D eigenvalue weighted by Gasteiger charge is -2.32. The number of ketones is 1. The Kier molecular flexibility index (Phi) is 10.1. The molecule has 1 aliphatic carbocycles. The average molecular weight is 516 g/mol. The van der Waals surface area contributed by atoms with Gasteiger partial charge in [0.2, 0.25) is 17.7 Å². The minimum absolute atomic E-state index is 0.00470. The van der Waals surface area contributed by atoms with Crippen molar-refractivity contribution in [1.82, 2.24) is 15.5 Å². The number of carbonyl (C=O) groups is 4. The maximum absolute atomic E-state index is 13.4. The number of amides is 3. The number of rotatable bonds is 11. The van der Waals surface area contributed by atoms with Crippen LogP contribution in [0.15, 0.2) is 18.2 Å². The Bertz CT molecular complexity index is 986. The molecule has 0 bridgehead atoms. The molecule has 3 rings (SSSR count). The highest BCUT2D eigenvalue weighted by molar-refractivity contribution is 6.02. The molecule has 0 aromatic heterocycles. The number of carbonyl (C=O) groups excluding carboxylic acids is 4. The van der Waals surface area contributed by atoms with Crippen molar-refractivity contribution in [3.8, 4) is 5.75 Å². The minimum atomic E-state index is -0.776. The van der Waals surface area contributed by atoms with Gasteiger partial charge < -0.3 is 25.0 Å². The van der Waals surface area contributed by atoms with Crippen molar-refractivity contribution in [1.29, 1.82) is 0 Å². The van der Waals surface area contributed by atoms with Gasteiger partial charge in [0.15, 0.2) is 5.78 Å². The van der Waals surface area contributed by atoms with Crippen molar-refractivity contribution in [3.05, 3.63) is 29.3 Å². The summed E-state index contributed by atoms with van der Waals surface area (Å²) in [6.07, 6.45) is 1.29. The predicted molar refractivity (Wildman–Crippen MR) is 139 cm³/mol. The minimum Gasteiger partial charge on any atom is -0.497 e. The molecule has 2 aliphatic rings. The summed E-state index contributed by atoms with van der Waals surface area (Å²) in [4.78, 5) is 53.8. The first kappa shape index (κ1) is 28.6. The van der Waals surface area contributed by atoms with Crippen molar-refractivity contribution in [2.45, 2.75) is 71.4 Å². The van der Waals surface area contributed by atoms with Crippen LogP contribution in [0.4, 0.5) is 0 Å². The summed E-state index contributed by atoms with van der Waals surface area (Å²) in [5.41, 5.74) is 1.42. The van der Waals surface area contributed by atoms with Crippen LogP contribution in [0.3, 0.4) is 0 Å². The molecule has 1 aromatic rings. The Balaban J connectivity index is 1.69. The number of hydrogen-bond acceptors (Lipinski definition) is 6. The number of methoxy groups -OCH3 is 1. The maximum Gasteiger partial charge on any atom is 0.245 e. The maximum atomic E-state index is 13.4. The molecule has 37 heavy (non-hydrogen) atoms. The third kappa shape index (κ3) is 7.77. The van der Waals surface area contributed by atoms with E-state index in [9.17, 15) is 19.2 Å². The first-order chi connectivity index (χ1) is 17.6. The third-order valence-electron chi connectivity index (χ3n) is 6.87. The number of fused-ring (bicyclic) bond motifs is 1. The fraction of sp³-hybridized carbons (Fsp3) is 0.643. The van der Waals surface area contributed by atoms with Crippen LogP contribution in [-0.4, -0.2) is 73.9 Å². The lowest BCUT2D eigenvalue weighted by molar-refractivity contribution is -0.141. The first-order valence-electron chi connectivity index (χ1n) is 13.3. The number of ether oxygens (including phenoxy) is 2. The van der Waals surface area contributed by atoms with Gasteiger partial charge in [0.1, 0.15) is 17.8 Å². The molecule has 3 amide bonds. The summed E-state index contributed by atoms with van der Waals surface area (Å²) in [5, 5.41) is 5.82. The first-order valence-corrected chi connectivity index (χ1v) is 13.3. The summed E-state index contributed by atoms with van der Waals surface area (Å²) in [6.45, 7) is 9.95. The smallest absolute Gasteiger partial charge is 0.245 e. The number of hydrogen-bond donors (Lipinski definition) is 2. The van der Waals surface area contributed by atoms with Gasteiger partial charge >= 0.3 is 0 Å². The molecule has 9 heteroatoms. The van der Waals surface area contributed by atoms with E-state index in [0.717, 1.165) is 5.56 Å². The SMILES string of the molecule is COc1ccc2c(c1)C(CC(=O)N[C@@H](CC(C)C)C(=O)N[C@H](CC(C)C)C(=O)N1CCOCC1)CC2=O. The fourth-order valence-corrected chi connectivity index (χ4v) is 5.03. The molecule has 1 heterocycles. The molecular weight excluding hydrogens is 474 g/mol. The van der Waals surface area contributed by atoms with E-state index in [1.54, 1.807) is 24.1 Å². The predicted octanol–water partition coefficient (Wildman–Crippen LogP) is 2.68. The fourth-order valence-electron chi connectivity index (χ4n) is 5.03. The highest BCUT2D eigenvalue weighted by Gasteiger charge is 2.34. The van der Waals surface area contributed by atoms with Crippen LogP contribution in [-0.2, 0) is 19.1 Å². The van der Waals surface area contributed by atoms with Crippen LogP contribution in [0.2, 0.25) is 0 Å². The molecular formula is C28H41N3O6. The van der Waals surface area contributed by atoms with E-state index < -0.39 is 12.1 Å². The van der Waals surface area contributed by atoms with E-state index in [0.29, 0.717) is 50.5 Å². The Labute approximate surface area is 219 Å². The number of benzene rings is 1. The van der Waals surface area contributed by atoms with Gasteiger partial charge in [-0.2, -0.15) is 0 Å². The molecule has 2 N–H and O–H groups in total. The van der Waals surface area contributed by atoms with Crippen molar-refractivity contribution < 1.29 is 28.7 Å². The zero-order chi connectivity index (χ0) is 27.1. The Hall–Kier alpha value is -2.94. The van der Waals surface area contributed by atoms with Crippen LogP contribution < -0.4 is 15.4 Å². The van der Waals surface area contributed by atoms with Crippen LogP contribution in [0.5, 0.6) is 5.75 Å². The topological polar surface area (TPSA) is 114 Å². The van der Waals surface area contributed by atoms with Gasteiger partial charge in [0, 0.05) is 37.4 Å². The molecule has 1 unspecified atom stereocenters. The van der Waals surface area contributed by atoms with Gasteiger partial charge in [-0.3, -0.25) is 19.2 Å². The van der Waals surface area contributed by atoms with Gasteiger partial charge in [-0.15, -0.1) is 0 Å².